The molecular weight excluding hydrogens is 685 g/mol. The summed E-state index contributed by atoms with van der Waals surface area (Å²) in [5, 5.41) is 3.59. The van der Waals surface area contributed by atoms with Gasteiger partial charge in [0, 0.05) is 41.2 Å². The van der Waals surface area contributed by atoms with Crippen molar-refractivity contribution in [3.8, 4) is 11.5 Å². The van der Waals surface area contributed by atoms with Crippen LogP contribution in [0.15, 0.2) is 95.9 Å². The van der Waals surface area contributed by atoms with Gasteiger partial charge in [-0.3, -0.25) is 13.9 Å². The number of carbonyl (C=O) groups excluding carboxylic acids is 2. The van der Waals surface area contributed by atoms with Crippen LogP contribution in [0.1, 0.15) is 36.5 Å². The molecule has 0 aliphatic heterocycles. The molecule has 0 saturated heterocycles. The van der Waals surface area contributed by atoms with Crippen molar-refractivity contribution in [3.05, 3.63) is 118 Å². The van der Waals surface area contributed by atoms with Crippen LogP contribution >= 0.6 is 23.2 Å². The minimum atomic E-state index is -4.37. The number of hydrogen-bond acceptors (Lipinski definition) is 6. The van der Waals surface area contributed by atoms with Gasteiger partial charge < -0.3 is 19.7 Å². The van der Waals surface area contributed by atoms with E-state index in [1.807, 2.05) is 44.2 Å². The Balaban J connectivity index is 1.84. The van der Waals surface area contributed by atoms with Crippen LogP contribution in [0.4, 0.5) is 5.69 Å². The summed E-state index contributed by atoms with van der Waals surface area (Å²) in [5.74, 6) is -0.453. The van der Waals surface area contributed by atoms with Crippen molar-refractivity contribution < 1.29 is 27.5 Å². The molecule has 2 amide bonds. The Hall–Kier alpha value is -4.25. The van der Waals surface area contributed by atoms with Crippen LogP contribution in [0, 0.1) is 6.92 Å². The number of amides is 2. The van der Waals surface area contributed by atoms with E-state index < -0.39 is 28.5 Å². The lowest BCUT2D eigenvalue weighted by atomic mass is 10.0. The summed E-state index contributed by atoms with van der Waals surface area (Å²) in [5.41, 5.74) is 2.41. The van der Waals surface area contributed by atoms with E-state index >= 15 is 0 Å². The molecule has 1 N–H and O–H groups in total. The minimum absolute atomic E-state index is 0.114. The van der Waals surface area contributed by atoms with Crippen molar-refractivity contribution >= 4 is 50.7 Å². The quantitative estimate of drug-likeness (QED) is 0.124. The van der Waals surface area contributed by atoms with Crippen LogP contribution in [-0.2, 0) is 32.6 Å². The Kier molecular flexibility index (Phi) is 13.4. The van der Waals surface area contributed by atoms with Crippen LogP contribution in [-0.4, -0.2) is 58.5 Å². The van der Waals surface area contributed by atoms with E-state index in [4.69, 9.17) is 32.7 Å². The Morgan fingerprint density at radius 2 is 1.51 bits per heavy atom. The highest BCUT2D eigenvalue weighted by Crippen LogP contribution is 2.33. The summed E-state index contributed by atoms with van der Waals surface area (Å²) in [6, 6.07) is 24.3. The number of methoxy groups -OCH3 is 2. The fourth-order valence-electron chi connectivity index (χ4n) is 5.26. The largest absolute Gasteiger partial charge is 0.493 e. The van der Waals surface area contributed by atoms with Crippen LogP contribution in [0.25, 0.3) is 0 Å². The normalized spacial score (nSPS) is 11.8. The molecule has 0 radical (unpaired) electrons. The number of nitrogens with one attached hydrogen (secondary N) is 1. The van der Waals surface area contributed by atoms with Gasteiger partial charge in [0.15, 0.2) is 11.5 Å². The van der Waals surface area contributed by atoms with Gasteiger partial charge in [-0.1, -0.05) is 90.6 Å². The standard InChI is InChI=1S/C37H41Cl2N3O6S/c1-5-6-21-40-37(44)33(22-27-11-8-7-9-12-27)41(24-30-31(38)13-10-14-32(30)39)36(43)25-42(28-17-15-26(2)16-18-28)49(45,46)29-19-20-34(47-3)35(23-29)48-4/h7-20,23,33H,5-6,21-22,24-25H2,1-4H3,(H,40,44)/t33-/m0/s1. The fraction of sp³-hybridized carbons (Fsp3) is 0.297. The molecule has 0 spiro atoms. The number of anilines is 1. The first-order chi connectivity index (χ1) is 23.5. The maximum absolute atomic E-state index is 14.7. The summed E-state index contributed by atoms with van der Waals surface area (Å²) in [7, 11) is -1.51. The molecular formula is C37H41Cl2N3O6S. The number of halogens is 2. The summed E-state index contributed by atoms with van der Waals surface area (Å²) in [4.78, 5) is 29.9. The van der Waals surface area contributed by atoms with Gasteiger partial charge in [0.25, 0.3) is 10.0 Å². The van der Waals surface area contributed by atoms with Gasteiger partial charge in [0.2, 0.25) is 11.8 Å². The van der Waals surface area contributed by atoms with E-state index in [1.165, 1.54) is 37.3 Å². The number of benzene rings is 4. The number of unbranched alkanes of at least 4 members (excludes halogenated alkanes) is 1. The van der Waals surface area contributed by atoms with E-state index in [2.05, 4.69) is 5.32 Å². The lowest BCUT2D eigenvalue weighted by molar-refractivity contribution is -0.140. The molecule has 260 valence electrons. The summed E-state index contributed by atoms with van der Waals surface area (Å²) in [6.07, 6.45) is 1.78. The number of sulfonamides is 1. The van der Waals surface area contributed by atoms with Crippen molar-refractivity contribution in [1.82, 2.24) is 10.2 Å². The molecule has 0 bridgehead atoms. The highest BCUT2D eigenvalue weighted by atomic mass is 35.5. The highest BCUT2D eigenvalue weighted by molar-refractivity contribution is 7.92. The molecule has 9 nitrogen and oxygen atoms in total. The summed E-state index contributed by atoms with van der Waals surface area (Å²) >= 11 is 13.2. The summed E-state index contributed by atoms with van der Waals surface area (Å²) in [6.45, 7) is 3.53. The second-order valence-electron chi connectivity index (χ2n) is 11.4. The summed E-state index contributed by atoms with van der Waals surface area (Å²) < 4.78 is 40.6. The smallest absolute Gasteiger partial charge is 0.264 e. The third-order valence-corrected chi connectivity index (χ3v) is 10.5. The lowest BCUT2D eigenvalue weighted by Crippen LogP contribution is -2.53. The minimum Gasteiger partial charge on any atom is -0.493 e. The Morgan fingerprint density at radius 3 is 2.12 bits per heavy atom. The number of hydrogen-bond donors (Lipinski definition) is 1. The van der Waals surface area contributed by atoms with Crippen molar-refractivity contribution in [2.75, 3.05) is 31.6 Å². The lowest BCUT2D eigenvalue weighted by Gasteiger charge is -2.34. The van der Waals surface area contributed by atoms with Crippen LogP contribution in [0.5, 0.6) is 11.5 Å². The first-order valence-corrected chi connectivity index (χ1v) is 18.0. The molecule has 0 aliphatic rings. The molecule has 4 aromatic rings. The Morgan fingerprint density at radius 1 is 0.857 bits per heavy atom. The zero-order valence-electron chi connectivity index (χ0n) is 28.0. The fourth-order valence-corrected chi connectivity index (χ4v) is 7.20. The molecule has 49 heavy (non-hydrogen) atoms. The third kappa shape index (κ3) is 9.47. The van der Waals surface area contributed by atoms with E-state index in [1.54, 1.807) is 42.5 Å². The number of rotatable bonds is 16. The van der Waals surface area contributed by atoms with Crippen LogP contribution in [0.2, 0.25) is 10.0 Å². The molecule has 0 aromatic heterocycles. The maximum Gasteiger partial charge on any atom is 0.264 e. The zero-order chi connectivity index (χ0) is 35.6. The van der Waals surface area contributed by atoms with Gasteiger partial charge in [-0.15, -0.1) is 0 Å². The van der Waals surface area contributed by atoms with Crippen molar-refractivity contribution in [1.29, 1.82) is 0 Å². The number of carbonyl (C=O) groups is 2. The monoisotopic (exact) mass is 725 g/mol. The second kappa shape index (κ2) is 17.4. The van der Waals surface area contributed by atoms with Crippen LogP contribution < -0.4 is 19.1 Å². The average molecular weight is 727 g/mol. The molecule has 0 heterocycles. The molecule has 1 atom stereocenters. The molecule has 4 aromatic carbocycles. The van der Waals surface area contributed by atoms with E-state index in [0.29, 0.717) is 27.9 Å². The van der Waals surface area contributed by atoms with Gasteiger partial charge >= 0.3 is 0 Å². The zero-order valence-corrected chi connectivity index (χ0v) is 30.3. The maximum atomic E-state index is 14.7. The van der Waals surface area contributed by atoms with Crippen molar-refractivity contribution in [2.45, 2.75) is 50.6 Å². The number of nitrogens with zero attached hydrogens (tertiary/aromatic N) is 2. The average Bonchev–Trinajstić information content (AvgIpc) is 3.10. The topological polar surface area (TPSA) is 105 Å². The van der Waals surface area contributed by atoms with E-state index in [0.717, 1.165) is 28.3 Å². The Labute approximate surface area is 298 Å². The first-order valence-electron chi connectivity index (χ1n) is 15.9. The third-order valence-electron chi connectivity index (χ3n) is 8.03. The molecule has 0 unspecified atom stereocenters. The van der Waals surface area contributed by atoms with Crippen molar-refractivity contribution in [3.63, 3.8) is 0 Å². The van der Waals surface area contributed by atoms with Crippen LogP contribution in [0.3, 0.4) is 0 Å². The highest BCUT2D eigenvalue weighted by Gasteiger charge is 2.35. The van der Waals surface area contributed by atoms with Gasteiger partial charge in [-0.2, -0.15) is 0 Å². The number of aryl methyl sites for hydroxylation is 1. The number of ether oxygens (including phenoxy) is 2. The SMILES string of the molecule is CCCCNC(=O)[C@H](Cc1ccccc1)N(Cc1c(Cl)cccc1Cl)C(=O)CN(c1ccc(C)cc1)S(=O)(=O)c1ccc(OC)c(OC)c1. The molecule has 0 aliphatic carbocycles. The molecule has 0 saturated carbocycles. The van der Waals surface area contributed by atoms with Gasteiger partial charge in [-0.25, -0.2) is 8.42 Å². The van der Waals surface area contributed by atoms with Gasteiger partial charge in [-0.05, 0) is 55.3 Å². The predicted octanol–water partition coefficient (Wildman–Crippen LogP) is 7.07. The van der Waals surface area contributed by atoms with E-state index in [-0.39, 0.29) is 35.2 Å². The van der Waals surface area contributed by atoms with E-state index in [9.17, 15) is 18.0 Å². The molecule has 12 heteroatoms. The molecule has 0 fully saturated rings. The predicted molar refractivity (Wildman–Crippen MR) is 194 cm³/mol. The first kappa shape index (κ1) is 37.6. The second-order valence-corrected chi connectivity index (χ2v) is 14.1. The molecule has 4 rings (SSSR count). The Bertz CT molecular complexity index is 1820. The van der Waals surface area contributed by atoms with Gasteiger partial charge in [0.1, 0.15) is 12.6 Å². The van der Waals surface area contributed by atoms with Crippen molar-refractivity contribution in [2.24, 2.45) is 0 Å². The van der Waals surface area contributed by atoms with Gasteiger partial charge in [0.05, 0.1) is 24.8 Å².